The van der Waals surface area contributed by atoms with Gasteiger partial charge in [-0.3, -0.25) is 0 Å². The second kappa shape index (κ2) is 7.87. The standard InChI is InChI=1S/C22H29N3O2/c1-12(2)15-8-17(13(3)4)20(18(9-15)14(5)6)25-11-16(10-23)19(24)21(25)22(26)27-7/h8-9,11-14H,24H2,1-7H3. The maximum atomic E-state index is 12.5. The number of esters is 1. The van der Waals surface area contributed by atoms with Gasteiger partial charge in [0.1, 0.15) is 6.07 Å². The Hall–Kier alpha value is -2.74. The Kier molecular flexibility index (Phi) is 6.00. The van der Waals surface area contributed by atoms with E-state index in [1.54, 1.807) is 10.8 Å². The van der Waals surface area contributed by atoms with Crippen molar-refractivity contribution in [1.29, 1.82) is 5.26 Å². The molecule has 0 saturated carbocycles. The van der Waals surface area contributed by atoms with Gasteiger partial charge in [0, 0.05) is 6.20 Å². The van der Waals surface area contributed by atoms with Crippen LogP contribution in [0.2, 0.25) is 0 Å². The van der Waals surface area contributed by atoms with Crippen LogP contribution in [0.1, 0.15) is 92.0 Å². The van der Waals surface area contributed by atoms with Gasteiger partial charge >= 0.3 is 5.97 Å². The fourth-order valence-corrected chi connectivity index (χ4v) is 3.29. The molecule has 0 atom stereocenters. The number of anilines is 1. The summed E-state index contributed by atoms with van der Waals surface area (Å²) in [5.74, 6) is 0.302. The van der Waals surface area contributed by atoms with Crippen LogP contribution < -0.4 is 5.73 Å². The Morgan fingerprint density at radius 3 is 1.96 bits per heavy atom. The first-order valence-corrected chi connectivity index (χ1v) is 9.31. The molecule has 5 heteroatoms. The predicted octanol–water partition coefficient (Wildman–Crippen LogP) is 5.09. The Morgan fingerprint density at radius 2 is 1.59 bits per heavy atom. The lowest BCUT2D eigenvalue weighted by Crippen LogP contribution is -2.15. The minimum Gasteiger partial charge on any atom is -0.464 e. The van der Waals surface area contributed by atoms with Gasteiger partial charge in [0.25, 0.3) is 0 Å². The monoisotopic (exact) mass is 367 g/mol. The number of rotatable bonds is 5. The van der Waals surface area contributed by atoms with Crippen molar-refractivity contribution in [2.75, 3.05) is 12.8 Å². The number of hydrogen-bond donors (Lipinski definition) is 1. The van der Waals surface area contributed by atoms with Crippen LogP contribution in [0.15, 0.2) is 18.3 Å². The third-order valence-corrected chi connectivity index (χ3v) is 4.89. The number of nitriles is 1. The Labute approximate surface area is 161 Å². The van der Waals surface area contributed by atoms with Crippen molar-refractivity contribution in [3.8, 4) is 11.8 Å². The Bertz CT molecular complexity index is 870. The number of carbonyl (C=O) groups excluding carboxylic acids is 1. The van der Waals surface area contributed by atoms with Crippen molar-refractivity contribution in [1.82, 2.24) is 4.57 Å². The molecule has 0 unspecified atom stereocenters. The molecular weight excluding hydrogens is 338 g/mol. The molecule has 0 amide bonds. The van der Waals surface area contributed by atoms with Gasteiger partial charge in [-0.2, -0.15) is 5.26 Å². The maximum Gasteiger partial charge on any atom is 0.357 e. The smallest absolute Gasteiger partial charge is 0.357 e. The van der Waals surface area contributed by atoms with E-state index in [4.69, 9.17) is 10.5 Å². The first-order valence-electron chi connectivity index (χ1n) is 9.31. The van der Waals surface area contributed by atoms with Crippen molar-refractivity contribution >= 4 is 11.7 Å². The van der Waals surface area contributed by atoms with E-state index in [-0.39, 0.29) is 28.8 Å². The molecule has 0 aliphatic rings. The summed E-state index contributed by atoms with van der Waals surface area (Å²) >= 11 is 0. The number of hydrogen-bond acceptors (Lipinski definition) is 4. The molecule has 5 nitrogen and oxygen atoms in total. The first-order chi connectivity index (χ1) is 12.6. The van der Waals surface area contributed by atoms with Crippen molar-refractivity contribution in [2.45, 2.75) is 59.3 Å². The Morgan fingerprint density at radius 1 is 1.07 bits per heavy atom. The highest BCUT2D eigenvalue weighted by Crippen LogP contribution is 2.37. The lowest BCUT2D eigenvalue weighted by Gasteiger charge is -2.24. The molecule has 1 heterocycles. The molecule has 0 fully saturated rings. The van der Waals surface area contributed by atoms with Gasteiger partial charge in [0.05, 0.1) is 24.0 Å². The molecule has 27 heavy (non-hydrogen) atoms. The molecule has 1 aromatic carbocycles. The number of methoxy groups -OCH3 is 1. The minimum atomic E-state index is -0.550. The molecule has 2 rings (SSSR count). The summed E-state index contributed by atoms with van der Waals surface area (Å²) < 4.78 is 6.70. The zero-order valence-electron chi connectivity index (χ0n) is 17.3. The summed E-state index contributed by atoms with van der Waals surface area (Å²) in [5.41, 5.74) is 11.2. The number of carbonyl (C=O) groups is 1. The molecule has 0 spiro atoms. The molecule has 2 N–H and O–H groups in total. The number of benzene rings is 1. The SMILES string of the molecule is COC(=O)c1c(N)c(C#N)cn1-c1c(C(C)C)cc(C(C)C)cc1C(C)C. The van der Waals surface area contributed by atoms with Crippen molar-refractivity contribution in [2.24, 2.45) is 0 Å². The summed E-state index contributed by atoms with van der Waals surface area (Å²) in [6.45, 7) is 12.9. The summed E-state index contributed by atoms with van der Waals surface area (Å²) in [7, 11) is 1.32. The largest absolute Gasteiger partial charge is 0.464 e. The van der Waals surface area contributed by atoms with Crippen LogP contribution in [0.25, 0.3) is 5.69 Å². The third-order valence-electron chi connectivity index (χ3n) is 4.89. The second-order valence-electron chi connectivity index (χ2n) is 7.79. The average Bonchev–Trinajstić information content (AvgIpc) is 2.95. The number of ether oxygens (including phenoxy) is 1. The van der Waals surface area contributed by atoms with Crippen LogP contribution in [0.3, 0.4) is 0 Å². The van der Waals surface area contributed by atoms with Gasteiger partial charge in [-0.25, -0.2) is 4.79 Å². The van der Waals surface area contributed by atoms with E-state index in [9.17, 15) is 10.1 Å². The molecule has 0 aliphatic carbocycles. The van der Waals surface area contributed by atoms with Crippen molar-refractivity contribution in [3.63, 3.8) is 0 Å². The van der Waals surface area contributed by atoms with Crippen LogP contribution in [0.5, 0.6) is 0 Å². The molecule has 1 aromatic heterocycles. The van der Waals surface area contributed by atoms with Crippen LogP contribution in [-0.4, -0.2) is 17.6 Å². The van der Waals surface area contributed by atoms with Crippen LogP contribution in [0, 0.1) is 11.3 Å². The van der Waals surface area contributed by atoms with E-state index in [1.807, 2.05) is 0 Å². The topological polar surface area (TPSA) is 81.0 Å². The van der Waals surface area contributed by atoms with E-state index in [0.717, 1.165) is 16.8 Å². The predicted molar refractivity (Wildman–Crippen MR) is 109 cm³/mol. The zero-order valence-corrected chi connectivity index (χ0v) is 17.3. The van der Waals surface area contributed by atoms with Gasteiger partial charge < -0.3 is 15.0 Å². The van der Waals surface area contributed by atoms with E-state index in [2.05, 4.69) is 59.7 Å². The normalized spacial score (nSPS) is 11.3. The highest BCUT2D eigenvalue weighted by molar-refractivity contribution is 5.96. The molecule has 2 aromatic rings. The molecule has 0 bridgehead atoms. The van der Waals surface area contributed by atoms with E-state index >= 15 is 0 Å². The lowest BCUT2D eigenvalue weighted by atomic mass is 9.87. The number of nitrogen functional groups attached to an aromatic ring is 1. The Balaban J connectivity index is 2.98. The maximum absolute atomic E-state index is 12.5. The van der Waals surface area contributed by atoms with Crippen LogP contribution in [0.4, 0.5) is 5.69 Å². The quantitative estimate of drug-likeness (QED) is 0.747. The lowest BCUT2D eigenvalue weighted by molar-refractivity contribution is 0.0593. The van der Waals surface area contributed by atoms with Gasteiger partial charge in [-0.15, -0.1) is 0 Å². The zero-order chi connectivity index (χ0) is 20.5. The minimum absolute atomic E-state index is 0.154. The van der Waals surface area contributed by atoms with Crippen molar-refractivity contribution in [3.05, 3.63) is 46.3 Å². The van der Waals surface area contributed by atoms with E-state index in [0.29, 0.717) is 5.92 Å². The summed E-state index contributed by atoms with van der Waals surface area (Å²) in [4.78, 5) is 12.5. The highest BCUT2D eigenvalue weighted by Gasteiger charge is 2.26. The number of aromatic nitrogens is 1. The summed E-state index contributed by atoms with van der Waals surface area (Å²) in [5, 5.41) is 9.44. The fraction of sp³-hybridized carbons (Fsp3) is 0.455. The highest BCUT2D eigenvalue weighted by atomic mass is 16.5. The van der Waals surface area contributed by atoms with Crippen LogP contribution in [-0.2, 0) is 4.74 Å². The molecule has 0 aliphatic heterocycles. The van der Waals surface area contributed by atoms with Gasteiger partial charge in [-0.05, 0) is 34.4 Å². The van der Waals surface area contributed by atoms with Gasteiger partial charge in [0.15, 0.2) is 5.69 Å². The first kappa shape index (κ1) is 20.6. The molecule has 0 radical (unpaired) electrons. The number of nitrogens with zero attached hydrogens (tertiary/aromatic N) is 2. The second-order valence-corrected chi connectivity index (χ2v) is 7.79. The third kappa shape index (κ3) is 3.71. The van der Waals surface area contributed by atoms with Crippen LogP contribution >= 0.6 is 0 Å². The molecule has 0 saturated heterocycles. The van der Waals surface area contributed by atoms with Crippen molar-refractivity contribution < 1.29 is 9.53 Å². The van der Waals surface area contributed by atoms with E-state index in [1.165, 1.54) is 12.7 Å². The fourth-order valence-electron chi connectivity index (χ4n) is 3.29. The average molecular weight is 367 g/mol. The molecule has 144 valence electrons. The molecular formula is C22H29N3O2. The summed E-state index contributed by atoms with van der Waals surface area (Å²) in [6.07, 6.45) is 1.64. The summed E-state index contributed by atoms with van der Waals surface area (Å²) in [6, 6.07) is 6.47. The van der Waals surface area contributed by atoms with Gasteiger partial charge in [-0.1, -0.05) is 53.7 Å². The van der Waals surface area contributed by atoms with E-state index < -0.39 is 5.97 Å². The van der Waals surface area contributed by atoms with Gasteiger partial charge in [0.2, 0.25) is 0 Å². The number of nitrogens with two attached hydrogens (primary N) is 1.